The number of aryl methyl sites for hydroxylation is 1. The average Bonchev–Trinajstić information content (AvgIpc) is 2.99. The zero-order chi connectivity index (χ0) is 17.4. The molecule has 0 spiro atoms. The van der Waals surface area contributed by atoms with E-state index in [0.29, 0.717) is 12.5 Å². The third-order valence-corrected chi connectivity index (χ3v) is 4.63. The molecule has 0 amide bonds. The highest BCUT2D eigenvalue weighted by atomic mass is 79.9. The van der Waals surface area contributed by atoms with E-state index < -0.39 is 0 Å². The first-order valence-electron chi connectivity index (χ1n) is 8.28. The van der Waals surface area contributed by atoms with Crippen LogP contribution < -0.4 is 10.6 Å². The monoisotopic (exact) mass is 391 g/mol. The zero-order valence-corrected chi connectivity index (χ0v) is 16.2. The molecule has 130 valence electrons. The largest absolute Gasteiger partial charge is 0.356 e. The van der Waals surface area contributed by atoms with Crippen LogP contribution in [-0.2, 0) is 20.0 Å². The molecule has 0 bridgehead atoms. The van der Waals surface area contributed by atoms with Crippen LogP contribution >= 0.6 is 15.9 Å². The van der Waals surface area contributed by atoms with Crippen molar-refractivity contribution in [1.82, 2.24) is 20.4 Å². The molecule has 24 heavy (non-hydrogen) atoms. The van der Waals surface area contributed by atoms with Crippen LogP contribution in [0.1, 0.15) is 24.6 Å². The summed E-state index contributed by atoms with van der Waals surface area (Å²) in [6.07, 6.45) is 3.98. The van der Waals surface area contributed by atoms with Gasteiger partial charge < -0.3 is 10.6 Å². The lowest BCUT2D eigenvalue weighted by molar-refractivity contribution is 0.493. The van der Waals surface area contributed by atoms with Crippen LogP contribution in [0.25, 0.3) is 0 Å². The van der Waals surface area contributed by atoms with Gasteiger partial charge in [0.15, 0.2) is 5.96 Å². The standard InChI is InChI=1S/C18H26BrN5/c1-4-14(10-15-6-5-7-16(19)11-15)12-21-18(20-2)22-13-17-8-9-23-24(17)3/h5-9,11,14H,4,10,12-13H2,1-3H3,(H2,20,21,22). The fourth-order valence-electron chi connectivity index (χ4n) is 2.57. The predicted octanol–water partition coefficient (Wildman–Crippen LogP) is 3.12. The van der Waals surface area contributed by atoms with Crippen LogP contribution in [0, 0.1) is 5.92 Å². The Morgan fingerprint density at radius 3 is 2.79 bits per heavy atom. The summed E-state index contributed by atoms with van der Waals surface area (Å²) in [4.78, 5) is 4.30. The number of nitrogens with zero attached hydrogens (tertiary/aromatic N) is 3. The smallest absolute Gasteiger partial charge is 0.191 e. The van der Waals surface area contributed by atoms with Gasteiger partial charge in [0.2, 0.25) is 0 Å². The lowest BCUT2D eigenvalue weighted by Crippen LogP contribution is -2.40. The lowest BCUT2D eigenvalue weighted by atomic mass is 9.97. The Balaban J connectivity index is 1.83. The molecule has 1 heterocycles. The summed E-state index contributed by atoms with van der Waals surface area (Å²) in [6.45, 7) is 3.84. The van der Waals surface area contributed by atoms with Gasteiger partial charge in [-0.3, -0.25) is 9.67 Å². The van der Waals surface area contributed by atoms with Crippen LogP contribution in [0.2, 0.25) is 0 Å². The second-order valence-electron chi connectivity index (χ2n) is 5.86. The van der Waals surface area contributed by atoms with Gasteiger partial charge in [-0.1, -0.05) is 41.4 Å². The fraction of sp³-hybridized carbons (Fsp3) is 0.444. The van der Waals surface area contributed by atoms with Gasteiger partial charge in [0.05, 0.1) is 12.2 Å². The van der Waals surface area contributed by atoms with E-state index in [9.17, 15) is 0 Å². The topological polar surface area (TPSA) is 54.2 Å². The first kappa shape index (κ1) is 18.5. The molecule has 0 saturated carbocycles. The molecular weight excluding hydrogens is 366 g/mol. The van der Waals surface area contributed by atoms with Crippen LogP contribution in [0.15, 0.2) is 46.0 Å². The summed E-state index contributed by atoms with van der Waals surface area (Å²) in [5, 5.41) is 10.9. The van der Waals surface area contributed by atoms with E-state index in [4.69, 9.17) is 0 Å². The van der Waals surface area contributed by atoms with Crippen molar-refractivity contribution in [3.63, 3.8) is 0 Å². The van der Waals surface area contributed by atoms with E-state index in [1.807, 2.05) is 17.8 Å². The van der Waals surface area contributed by atoms with Gasteiger partial charge in [-0.15, -0.1) is 0 Å². The Kier molecular flexibility index (Phi) is 7.31. The molecule has 0 radical (unpaired) electrons. The van der Waals surface area contributed by atoms with E-state index in [1.54, 1.807) is 13.2 Å². The summed E-state index contributed by atoms with van der Waals surface area (Å²) < 4.78 is 3.00. The Morgan fingerprint density at radius 2 is 2.17 bits per heavy atom. The summed E-state index contributed by atoms with van der Waals surface area (Å²) in [7, 11) is 3.74. The van der Waals surface area contributed by atoms with Crippen LogP contribution in [0.4, 0.5) is 0 Å². The number of nitrogens with one attached hydrogen (secondary N) is 2. The minimum Gasteiger partial charge on any atom is -0.356 e. The van der Waals surface area contributed by atoms with E-state index in [-0.39, 0.29) is 0 Å². The second kappa shape index (κ2) is 9.47. The second-order valence-corrected chi connectivity index (χ2v) is 6.78. The molecular formula is C18H26BrN5. The molecule has 0 aliphatic rings. The SMILES string of the molecule is CCC(CNC(=NC)NCc1ccnn1C)Cc1cccc(Br)c1. The molecule has 0 saturated heterocycles. The summed E-state index contributed by atoms with van der Waals surface area (Å²) >= 11 is 3.54. The van der Waals surface area contributed by atoms with Crippen LogP contribution in [0.5, 0.6) is 0 Å². The number of rotatable bonds is 7. The first-order valence-corrected chi connectivity index (χ1v) is 9.07. The summed E-state index contributed by atoms with van der Waals surface area (Å²) in [5.74, 6) is 1.39. The van der Waals surface area contributed by atoms with Gasteiger partial charge in [-0.25, -0.2) is 0 Å². The third kappa shape index (κ3) is 5.67. The van der Waals surface area contributed by atoms with Crippen molar-refractivity contribution >= 4 is 21.9 Å². The number of aliphatic imine (C=N–C) groups is 1. The molecule has 2 rings (SSSR count). The lowest BCUT2D eigenvalue weighted by Gasteiger charge is -2.18. The predicted molar refractivity (Wildman–Crippen MR) is 103 cm³/mol. The van der Waals surface area contributed by atoms with Gasteiger partial charge in [0, 0.05) is 31.3 Å². The van der Waals surface area contributed by atoms with Crippen molar-refractivity contribution in [2.45, 2.75) is 26.3 Å². The maximum atomic E-state index is 4.30. The molecule has 1 unspecified atom stereocenters. The number of halogens is 1. The Morgan fingerprint density at radius 1 is 1.33 bits per heavy atom. The van der Waals surface area contributed by atoms with Gasteiger partial charge >= 0.3 is 0 Å². The molecule has 0 fully saturated rings. The minimum atomic E-state index is 0.564. The molecule has 6 heteroatoms. The number of benzene rings is 1. The van der Waals surface area contributed by atoms with E-state index >= 15 is 0 Å². The maximum Gasteiger partial charge on any atom is 0.191 e. The maximum absolute atomic E-state index is 4.30. The van der Waals surface area contributed by atoms with Crippen molar-refractivity contribution in [3.05, 3.63) is 52.3 Å². The molecule has 1 aromatic carbocycles. The normalized spacial score (nSPS) is 12.9. The molecule has 5 nitrogen and oxygen atoms in total. The average molecular weight is 392 g/mol. The van der Waals surface area contributed by atoms with Crippen molar-refractivity contribution in [2.24, 2.45) is 18.0 Å². The number of aromatic nitrogens is 2. The van der Waals surface area contributed by atoms with E-state index in [0.717, 1.165) is 35.5 Å². The van der Waals surface area contributed by atoms with Crippen molar-refractivity contribution < 1.29 is 0 Å². The first-order chi connectivity index (χ1) is 11.6. The van der Waals surface area contributed by atoms with Crippen molar-refractivity contribution in [1.29, 1.82) is 0 Å². The highest BCUT2D eigenvalue weighted by Gasteiger charge is 2.09. The zero-order valence-electron chi connectivity index (χ0n) is 14.6. The van der Waals surface area contributed by atoms with Gasteiger partial charge in [0.1, 0.15) is 0 Å². The quantitative estimate of drug-likeness (QED) is 0.563. The fourth-order valence-corrected chi connectivity index (χ4v) is 3.02. The highest BCUT2D eigenvalue weighted by molar-refractivity contribution is 9.10. The summed E-state index contributed by atoms with van der Waals surface area (Å²) in [6, 6.07) is 10.5. The molecule has 0 aliphatic heterocycles. The summed E-state index contributed by atoms with van der Waals surface area (Å²) in [5.41, 5.74) is 2.48. The Labute approximate surface area is 152 Å². The van der Waals surface area contributed by atoms with Gasteiger partial charge in [-0.2, -0.15) is 5.10 Å². The van der Waals surface area contributed by atoms with Crippen LogP contribution in [-0.4, -0.2) is 29.3 Å². The van der Waals surface area contributed by atoms with Crippen LogP contribution in [0.3, 0.4) is 0 Å². The van der Waals surface area contributed by atoms with E-state index in [2.05, 4.69) is 67.8 Å². The van der Waals surface area contributed by atoms with Gasteiger partial charge in [0.25, 0.3) is 0 Å². The van der Waals surface area contributed by atoms with Crippen molar-refractivity contribution in [2.75, 3.05) is 13.6 Å². The Bertz CT molecular complexity index is 665. The highest BCUT2D eigenvalue weighted by Crippen LogP contribution is 2.16. The third-order valence-electron chi connectivity index (χ3n) is 4.13. The molecule has 0 aliphatic carbocycles. The molecule has 2 aromatic rings. The number of hydrogen-bond donors (Lipinski definition) is 2. The molecule has 2 N–H and O–H groups in total. The van der Waals surface area contributed by atoms with Crippen molar-refractivity contribution in [3.8, 4) is 0 Å². The van der Waals surface area contributed by atoms with E-state index in [1.165, 1.54) is 5.56 Å². The minimum absolute atomic E-state index is 0.564. The molecule has 1 atom stereocenters. The number of hydrogen-bond acceptors (Lipinski definition) is 2. The Hall–Kier alpha value is -1.82. The molecule has 1 aromatic heterocycles. The number of guanidine groups is 1. The van der Waals surface area contributed by atoms with Gasteiger partial charge in [-0.05, 0) is 36.1 Å².